The summed E-state index contributed by atoms with van der Waals surface area (Å²) in [5.41, 5.74) is 0. The third-order valence-corrected chi connectivity index (χ3v) is 12.1. The number of nitrogens with one attached hydrogen (secondary N) is 1. The molecule has 0 aliphatic rings. The van der Waals surface area contributed by atoms with Gasteiger partial charge in [0.25, 0.3) is 0 Å². The first-order chi connectivity index (χ1) is 28.0. The minimum Gasteiger partial charge on any atom is -0.387 e. The van der Waals surface area contributed by atoms with Crippen molar-refractivity contribution in [3.05, 3.63) is 24.3 Å². The number of likely N-dealkylation sites (N-methyl/N-ethyl adjacent to an activating group) is 1. The van der Waals surface area contributed by atoms with Gasteiger partial charge in [0, 0.05) is 6.42 Å². The van der Waals surface area contributed by atoms with Crippen LogP contribution in [0.15, 0.2) is 24.3 Å². The quantitative estimate of drug-likeness (QED) is 0.0244. The highest BCUT2D eigenvalue weighted by atomic mass is 31.2. The number of allylic oxidation sites excluding steroid dienone is 3. The smallest absolute Gasteiger partial charge is 0.387 e. The number of carbonyl (C=O) groups excluding carboxylic acids is 1. The van der Waals surface area contributed by atoms with Gasteiger partial charge < -0.3 is 19.8 Å². The Kier molecular flexibility index (Phi) is 40.6. The lowest BCUT2D eigenvalue weighted by molar-refractivity contribution is -0.870. The molecule has 8 nitrogen and oxygen atoms in total. The monoisotopic (exact) mass is 842 g/mol. The maximum Gasteiger partial charge on any atom is 0.472 e. The molecule has 0 rings (SSSR count). The van der Waals surface area contributed by atoms with Gasteiger partial charge in [-0.05, 0) is 44.9 Å². The van der Waals surface area contributed by atoms with Crippen LogP contribution in [-0.2, 0) is 18.4 Å². The van der Waals surface area contributed by atoms with Gasteiger partial charge >= 0.3 is 7.82 Å². The largest absolute Gasteiger partial charge is 0.472 e. The van der Waals surface area contributed by atoms with Crippen molar-refractivity contribution in [3.63, 3.8) is 0 Å². The van der Waals surface area contributed by atoms with Gasteiger partial charge in [0.15, 0.2) is 0 Å². The molecular weight excluding hydrogens is 744 g/mol. The maximum atomic E-state index is 12.9. The summed E-state index contributed by atoms with van der Waals surface area (Å²) in [5, 5.41) is 13.9. The van der Waals surface area contributed by atoms with Crippen molar-refractivity contribution in [3.8, 4) is 0 Å². The number of aliphatic hydroxyl groups is 1. The molecule has 0 aromatic heterocycles. The van der Waals surface area contributed by atoms with Gasteiger partial charge in [-0.1, -0.05) is 205 Å². The fraction of sp³-hybridized carbons (Fsp3) is 0.898. The molecule has 0 bridgehead atoms. The number of phosphoric acid groups is 1. The second kappa shape index (κ2) is 41.3. The van der Waals surface area contributed by atoms with Crippen LogP contribution >= 0.6 is 7.82 Å². The van der Waals surface area contributed by atoms with Crippen LogP contribution < -0.4 is 5.32 Å². The van der Waals surface area contributed by atoms with E-state index in [0.717, 1.165) is 51.4 Å². The van der Waals surface area contributed by atoms with Gasteiger partial charge in [0.2, 0.25) is 5.91 Å². The lowest BCUT2D eigenvalue weighted by Crippen LogP contribution is -2.45. The molecule has 0 radical (unpaired) electrons. The molecule has 3 unspecified atom stereocenters. The van der Waals surface area contributed by atoms with E-state index >= 15 is 0 Å². The Balaban J connectivity index is 4.36. The van der Waals surface area contributed by atoms with Crippen molar-refractivity contribution in [1.29, 1.82) is 0 Å². The van der Waals surface area contributed by atoms with Gasteiger partial charge in [0.05, 0.1) is 39.9 Å². The van der Waals surface area contributed by atoms with Crippen LogP contribution in [0.5, 0.6) is 0 Å². The lowest BCUT2D eigenvalue weighted by atomic mass is 10.0. The first-order valence-corrected chi connectivity index (χ1v) is 26.2. The number of aliphatic hydroxyl groups excluding tert-OH is 1. The molecule has 0 aromatic carbocycles. The summed E-state index contributed by atoms with van der Waals surface area (Å²) in [6.45, 7) is 4.83. The summed E-state index contributed by atoms with van der Waals surface area (Å²) in [6, 6.07) is -0.848. The normalized spacial score (nSPS) is 14.4. The van der Waals surface area contributed by atoms with E-state index in [0.29, 0.717) is 17.4 Å². The van der Waals surface area contributed by atoms with Crippen LogP contribution in [-0.4, -0.2) is 73.4 Å². The van der Waals surface area contributed by atoms with Gasteiger partial charge in [-0.15, -0.1) is 0 Å². The van der Waals surface area contributed by atoms with Gasteiger partial charge in [-0.25, -0.2) is 4.57 Å². The van der Waals surface area contributed by atoms with E-state index in [1.807, 2.05) is 27.2 Å². The topological polar surface area (TPSA) is 105 Å². The minimum atomic E-state index is -4.34. The maximum absolute atomic E-state index is 12.9. The summed E-state index contributed by atoms with van der Waals surface area (Å²) in [4.78, 5) is 23.2. The molecule has 0 aromatic rings. The predicted molar refractivity (Wildman–Crippen MR) is 249 cm³/mol. The number of amides is 1. The fourth-order valence-electron chi connectivity index (χ4n) is 7.21. The fourth-order valence-corrected chi connectivity index (χ4v) is 7.95. The molecule has 0 aliphatic heterocycles. The van der Waals surface area contributed by atoms with Gasteiger partial charge in [0.1, 0.15) is 13.2 Å². The number of hydrogen-bond donors (Lipinski definition) is 3. The van der Waals surface area contributed by atoms with Gasteiger partial charge in [-0.2, -0.15) is 0 Å². The molecule has 0 saturated heterocycles. The average Bonchev–Trinajstić information content (AvgIpc) is 3.17. The van der Waals surface area contributed by atoms with E-state index in [9.17, 15) is 19.4 Å². The number of hydrogen-bond acceptors (Lipinski definition) is 5. The van der Waals surface area contributed by atoms with E-state index in [-0.39, 0.29) is 19.1 Å². The number of phosphoric ester groups is 1. The second-order valence-corrected chi connectivity index (χ2v) is 19.6. The molecule has 0 aliphatic carbocycles. The Bertz CT molecular complexity index is 1000. The molecular formula is C49H98N2O6P+. The SMILES string of the molecule is CCCCCCCCCCC/C=C\CCCCCCCC(=O)NC(COP(=O)(O)OCC[N+](C)(C)C)C(O)/C=C/CCCCCCCCCCCCCCCCCC. The second-order valence-electron chi connectivity index (χ2n) is 18.2. The highest BCUT2D eigenvalue weighted by molar-refractivity contribution is 7.47. The first kappa shape index (κ1) is 57.0. The Morgan fingerprint density at radius 1 is 0.569 bits per heavy atom. The summed E-state index contributed by atoms with van der Waals surface area (Å²) in [6.07, 6.45) is 49.6. The van der Waals surface area contributed by atoms with Crippen LogP contribution in [0.4, 0.5) is 0 Å². The lowest BCUT2D eigenvalue weighted by Gasteiger charge is -2.25. The molecule has 58 heavy (non-hydrogen) atoms. The van der Waals surface area contributed by atoms with Crippen molar-refractivity contribution in [1.82, 2.24) is 5.32 Å². The summed E-state index contributed by atoms with van der Waals surface area (Å²) in [5.74, 6) is -0.183. The Hall–Kier alpha value is -1.02. The summed E-state index contributed by atoms with van der Waals surface area (Å²) in [7, 11) is 1.57. The third kappa shape index (κ3) is 43.1. The zero-order valence-electron chi connectivity index (χ0n) is 39.0. The van der Waals surface area contributed by atoms with E-state index in [1.54, 1.807) is 6.08 Å². The number of rotatable bonds is 45. The molecule has 1 amide bonds. The molecule has 0 fully saturated rings. The van der Waals surface area contributed by atoms with Crippen molar-refractivity contribution >= 4 is 13.7 Å². The molecule has 344 valence electrons. The van der Waals surface area contributed by atoms with Crippen molar-refractivity contribution in [2.45, 2.75) is 244 Å². The average molecular weight is 842 g/mol. The van der Waals surface area contributed by atoms with E-state index in [2.05, 4.69) is 31.3 Å². The number of quaternary nitrogens is 1. The molecule has 3 N–H and O–H groups in total. The van der Waals surface area contributed by atoms with E-state index in [1.165, 1.54) is 161 Å². The number of nitrogens with zero attached hydrogens (tertiary/aromatic N) is 1. The first-order valence-electron chi connectivity index (χ1n) is 24.7. The summed E-state index contributed by atoms with van der Waals surface area (Å²) >= 11 is 0. The van der Waals surface area contributed by atoms with Crippen LogP contribution in [0.3, 0.4) is 0 Å². The van der Waals surface area contributed by atoms with Gasteiger partial charge in [-0.3, -0.25) is 13.8 Å². The summed E-state index contributed by atoms with van der Waals surface area (Å²) < 4.78 is 23.6. The van der Waals surface area contributed by atoms with E-state index in [4.69, 9.17) is 9.05 Å². The molecule has 0 saturated carbocycles. The zero-order chi connectivity index (χ0) is 42.8. The van der Waals surface area contributed by atoms with Crippen molar-refractivity contribution < 1.29 is 32.9 Å². The van der Waals surface area contributed by atoms with Crippen LogP contribution in [0.1, 0.15) is 232 Å². The van der Waals surface area contributed by atoms with E-state index < -0.39 is 20.0 Å². The molecule has 3 atom stereocenters. The minimum absolute atomic E-state index is 0.0612. The molecule has 9 heteroatoms. The number of unbranched alkanes of at least 4 members (excludes halogenated alkanes) is 30. The third-order valence-electron chi connectivity index (χ3n) is 11.2. The molecule has 0 heterocycles. The zero-order valence-corrected chi connectivity index (χ0v) is 39.9. The van der Waals surface area contributed by atoms with Crippen molar-refractivity contribution in [2.75, 3.05) is 40.9 Å². The Labute approximate surface area is 360 Å². The predicted octanol–water partition coefficient (Wildman–Crippen LogP) is 14.1. The van der Waals surface area contributed by atoms with Crippen molar-refractivity contribution in [2.24, 2.45) is 0 Å². The standard InChI is InChI=1S/C49H97N2O6P/c1-6-8-10-12-14-16-18-20-22-24-26-28-30-32-34-36-38-40-42-48(52)47(46-57-58(54,55)56-45-44-51(3,4)5)50-49(53)43-41-39-37-35-33-31-29-27-25-23-21-19-17-15-13-11-9-7-2/h27,29,40,42,47-48,52H,6-26,28,30-39,41,43-46H2,1-5H3,(H-,50,53,54,55)/p+1/b29-27-,42-40+. The Morgan fingerprint density at radius 3 is 1.33 bits per heavy atom. The van der Waals surface area contributed by atoms with Crippen LogP contribution in [0.25, 0.3) is 0 Å². The Morgan fingerprint density at radius 2 is 0.931 bits per heavy atom. The van der Waals surface area contributed by atoms with Crippen LogP contribution in [0.2, 0.25) is 0 Å². The van der Waals surface area contributed by atoms with Crippen LogP contribution in [0, 0.1) is 0 Å². The highest BCUT2D eigenvalue weighted by Crippen LogP contribution is 2.43. The highest BCUT2D eigenvalue weighted by Gasteiger charge is 2.27. The molecule has 0 spiro atoms. The number of carbonyl (C=O) groups is 1.